The van der Waals surface area contributed by atoms with Gasteiger partial charge in [-0.3, -0.25) is 0 Å². The van der Waals surface area contributed by atoms with E-state index in [9.17, 15) is 35.1 Å². The van der Waals surface area contributed by atoms with E-state index in [0.717, 1.165) is 30.3 Å². The molecule has 5 rings (SSSR count). The maximum absolute atomic E-state index is 15.3. The van der Waals surface area contributed by atoms with Crippen LogP contribution in [0.2, 0.25) is 0 Å². The van der Waals surface area contributed by atoms with Crippen molar-refractivity contribution in [1.82, 2.24) is 0 Å². The van der Waals surface area contributed by atoms with Crippen molar-refractivity contribution < 1.29 is 44.3 Å². The van der Waals surface area contributed by atoms with Crippen molar-refractivity contribution in [3.8, 4) is 28.0 Å². The van der Waals surface area contributed by atoms with Crippen molar-refractivity contribution >= 4 is 10.8 Å². The van der Waals surface area contributed by atoms with Crippen molar-refractivity contribution in [2.75, 3.05) is 0 Å². The lowest BCUT2D eigenvalue weighted by atomic mass is 9.96. The maximum Gasteiger partial charge on any atom is 0.426 e. The van der Waals surface area contributed by atoms with Crippen molar-refractivity contribution in [1.29, 1.82) is 0 Å². The third-order valence-corrected chi connectivity index (χ3v) is 6.96. The molecule has 0 bridgehead atoms. The average Bonchev–Trinajstić information content (AvgIpc) is 2.95. The summed E-state index contributed by atoms with van der Waals surface area (Å²) in [6.07, 6.45) is -7.86. The summed E-state index contributed by atoms with van der Waals surface area (Å²) in [5.74, 6) is -5.22. The highest BCUT2D eigenvalue weighted by Gasteiger charge is 2.35. The number of hydrogen-bond acceptors (Lipinski definition) is 1. The first-order chi connectivity index (χ1) is 20.3. The quantitative estimate of drug-likeness (QED) is 0.168. The summed E-state index contributed by atoms with van der Waals surface area (Å²) in [6, 6.07) is 15.8. The fourth-order valence-electron chi connectivity index (χ4n) is 4.80. The van der Waals surface area contributed by atoms with Crippen molar-refractivity contribution in [3.63, 3.8) is 0 Å². The second-order valence-corrected chi connectivity index (χ2v) is 9.85. The minimum Gasteiger partial charge on any atom is -0.429 e. The number of aryl methyl sites for hydroxylation is 1. The van der Waals surface area contributed by atoms with Gasteiger partial charge in [0, 0.05) is 5.56 Å². The van der Waals surface area contributed by atoms with Gasteiger partial charge in [0.05, 0.1) is 16.5 Å². The molecule has 0 heterocycles. The second-order valence-electron chi connectivity index (χ2n) is 9.85. The Labute approximate surface area is 240 Å². The summed E-state index contributed by atoms with van der Waals surface area (Å²) in [5, 5.41) is -0.357. The van der Waals surface area contributed by atoms with E-state index in [-0.39, 0.29) is 45.4 Å². The molecule has 43 heavy (non-hydrogen) atoms. The third-order valence-electron chi connectivity index (χ3n) is 6.96. The Morgan fingerprint density at radius 3 is 1.86 bits per heavy atom. The molecule has 0 aliphatic heterocycles. The molecule has 0 atom stereocenters. The SMILES string of the molecule is CCCc1cc2ccc(-c3ccc(C(F)(F)Oc4ccc(-c5ccc(C(F)(F)F)c(F)c5)cc4)cc3)c(F)c2c(F)c1F. The molecular weight excluding hydrogens is 583 g/mol. The highest BCUT2D eigenvalue weighted by atomic mass is 19.4. The van der Waals surface area contributed by atoms with Crippen molar-refractivity contribution in [3.05, 3.63) is 125 Å². The predicted octanol–water partition coefficient (Wildman–Crippen LogP) is 10.8. The molecule has 0 aliphatic rings. The molecule has 0 saturated heterocycles. The third kappa shape index (κ3) is 5.91. The molecule has 5 aromatic carbocycles. The number of alkyl halides is 5. The van der Waals surface area contributed by atoms with Crippen LogP contribution in [0.15, 0.2) is 84.9 Å². The van der Waals surface area contributed by atoms with Gasteiger partial charge in [-0.2, -0.15) is 22.0 Å². The summed E-state index contributed by atoms with van der Waals surface area (Å²) >= 11 is 0. The molecule has 0 fully saturated rings. The fourth-order valence-corrected chi connectivity index (χ4v) is 4.80. The summed E-state index contributed by atoms with van der Waals surface area (Å²) in [6.45, 7) is 1.80. The lowest BCUT2D eigenvalue weighted by molar-refractivity contribution is -0.185. The van der Waals surface area contributed by atoms with E-state index in [2.05, 4.69) is 0 Å². The topological polar surface area (TPSA) is 9.23 Å². The molecule has 0 amide bonds. The van der Waals surface area contributed by atoms with Gasteiger partial charge < -0.3 is 4.74 Å². The van der Waals surface area contributed by atoms with Crippen LogP contribution in [-0.4, -0.2) is 0 Å². The number of benzene rings is 5. The predicted molar refractivity (Wildman–Crippen MR) is 145 cm³/mol. The highest BCUT2D eigenvalue weighted by molar-refractivity contribution is 5.89. The van der Waals surface area contributed by atoms with Crippen LogP contribution in [0, 0.1) is 23.3 Å². The zero-order valence-electron chi connectivity index (χ0n) is 22.3. The monoisotopic (exact) mass is 604 g/mol. The van der Waals surface area contributed by atoms with Gasteiger partial charge >= 0.3 is 12.3 Å². The fraction of sp³-hybridized carbons (Fsp3) is 0.152. The minimum atomic E-state index is -4.86. The Hall–Kier alpha value is -4.47. The Morgan fingerprint density at radius 2 is 1.26 bits per heavy atom. The standard InChI is InChI=1S/C33H21F9O/c1-2-3-22-16-21-8-14-25(30(36)28(21)31(37)29(22)35)19-4-10-23(11-5-19)33(41,42)43-24-12-6-18(7-13-24)20-9-15-26(27(34)17-20)32(38,39)40/h4-17H,2-3H2,1H3. The zero-order chi connectivity index (χ0) is 31.1. The summed E-state index contributed by atoms with van der Waals surface area (Å²) in [7, 11) is 0. The van der Waals surface area contributed by atoms with Crippen molar-refractivity contribution in [2.45, 2.75) is 32.1 Å². The van der Waals surface area contributed by atoms with Crippen LogP contribution in [0.5, 0.6) is 5.75 Å². The molecule has 0 saturated carbocycles. The largest absolute Gasteiger partial charge is 0.429 e. The van der Waals surface area contributed by atoms with Gasteiger partial charge in [0.1, 0.15) is 17.4 Å². The van der Waals surface area contributed by atoms with Gasteiger partial charge in [-0.1, -0.05) is 55.8 Å². The van der Waals surface area contributed by atoms with Crippen molar-refractivity contribution in [2.24, 2.45) is 0 Å². The van der Waals surface area contributed by atoms with E-state index < -0.39 is 52.1 Å². The first kappa shape index (κ1) is 30.0. The average molecular weight is 605 g/mol. The van der Waals surface area contributed by atoms with Gasteiger partial charge in [0.15, 0.2) is 11.6 Å². The van der Waals surface area contributed by atoms with Crippen LogP contribution in [-0.2, 0) is 18.7 Å². The van der Waals surface area contributed by atoms with Gasteiger partial charge in [-0.05, 0) is 76.5 Å². The number of rotatable bonds is 7. The van der Waals surface area contributed by atoms with E-state index in [1.807, 2.05) is 0 Å². The van der Waals surface area contributed by atoms with Crippen LogP contribution >= 0.6 is 0 Å². The Bertz CT molecular complexity index is 1790. The number of fused-ring (bicyclic) bond motifs is 1. The van der Waals surface area contributed by atoms with Crippen LogP contribution in [0.25, 0.3) is 33.0 Å². The van der Waals surface area contributed by atoms with Gasteiger partial charge in [0.25, 0.3) is 0 Å². The normalized spacial score (nSPS) is 12.1. The summed E-state index contributed by atoms with van der Waals surface area (Å²) in [5.41, 5.74) is -1.48. The molecule has 0 aliphatic carbocycles. The molecule has 0 N–H and O–H groups in total. The molecule has 0 aromatic heterocycles. The smallest absolute Gasteiger partial charge is 0.426 e. The lowest BCUT2D eigenvalue weighted by Gasteiger charge is -2.19. The molecule has 10 heteroatoms. The lowest BCUT2D eigenvalue weighted by Crippen LogP contribution is -2.21. The van der Waals surface area contributed by atoms with Crippen LogP contribution < -0.4 is 4.74 Å². The van der Waals surface area contributed by atoms with Crippen LogP contribution in [0.1, 0.15) is 30.0 Å². The first-order valence-corrected chi connectivity index (χ1v) is 13.0. The van der Waals surface area contributed by atoms with E-state index in [4.69, 9.17) is 4.74 Å². The molecule has 0 radical (unpaired) electrons. The Morgan fingerprint density at radius 1 is 0.628 bits per heavy atom. The molecule has 222 valence electrons. The molecule has 0 spiro atoms. The van der Waals surface area contributed by atoms with E-state index in [1.165, 1.54) is 42.5 Å². The second kappa shape index (κ2) is 11.3. The van der Waals surface area contributed by atoms with Gasteiger partial charge in [-0.25, -0.2) is 17.6 Å². The highest BCUT2D eigenvalue weighted by Crippen LogP contribution is 2.37. The zero-order valence-corrected chi connectivity index (χ0v) is 22.3. The van der Waals surface area contributed by atoms with Crippen LogP contribution in [0.3, 0.4) is 0 Å². The summed E-state index contributed by atoms with van der Waals surface area (Å²) in [4.78, 5) is 0. The van der Waals surface area contributed by atoms with E-state index >= 15 is 4.39 Å². The van der Waals surface area contributed by atoms with E-state index in [0.29, 0.717) is 18.6 Å². The maximum atomic E-state index is 15.3. The minimum absolute atomic E-state index is 0.101. The first-order valence-electron chi connectivity index (χ1n) is 13.0. The van der Waals surface area contributed by atoms with E-state index in [1.54, 1.807) is 6.92 Å². The Balaban J connectivity index is 1.36. The number of hydrogen-bond donors (Lipinski definition) is 0. The molecule has 0 unspecified atom stereocenters. The Kier molecular flexibility index (Phi) is 7.89. The van der Waals surface area contributed by atoms with Crippen LogP contribution in [0.4, 0.5) is 39.5 Å². The van der Waals surface area contributed by atoms with Gasteiger partial charge in [0.2, 0.25) is 0 Å². The van der Waals surface area contributed by atoms with Gasteiger partial charge in [-0.15, -0.1) is 0 Å². The summed E-state index contributed by atoms with van der Waals surface area (Å²) < 4.78 is 132. The number of halogens is 9. The molecule has 5 aromatic rings. The number of ether oxygens (including phenoxy) is 1. The molecular formula is C33H21F9O. The molecule has 1 nitrogen and oxygen atoms in total.